The Kier molecular flexibility index (Phi) is 0.973. The SMILES string of the molecule is N=C1C2=C=C=CC(C2)C1N. The number of rotatable bonds is 0. The molecule has 0 radical (unpaired) electrons. The molecule has 0 aromatic carbocycles. The van der Waals surface area contributed by atoms with Gasteiger partial charge in [-0.25, -0.2) is 0 Å². The minimum atomic E-state index is -0.0995. The fraction of sp³-hybridized carbons (Fsp3) is 0.375. The first-order valence-corrected chi connectivity index (χ1v) is 3.34. The van der Waals surface area contributed by atoms with Gasteiger partial charge in [0.2, 0.25) is 0 Å². The maximum absolute atomic E-state index is 7.50. The summed E-state index contributed by atoms with van der Waals surface area (Å²) in [6, 6.07) is -0.0995. The van der Waals surface area contributed by atoms with Gasteiger partial charge in [0.15, 0.2) is 0 Å². The average molecular weight is 132 g/mol. The van der Waals surface area contributed by atoms with Crippen LogP contribution >= 0.6 is 0 Å². The summed E-state index contributed by atoms with van der Waals surface area (Å²) < 4.78 is 0. The molecule has 2 rings (SSSR count). The van der Waals surface area contributed by atoms with E-state index in [2.05, 4.69) is 11.5 Å². The van der Waals surface area contributed by atoms with Crippen LogP contribution in [0.4, 0.5) is 0 Å². The highest BCUT2D eigenvalue weighted by atomic mass is 14.7. The third-order valence-electron chi connectivity index (χ3n) is 2.08. The van der Waals surface area contributed by atoms with E-state index in [1.807, 2.05) is 6.08 Å². The lowest BCUT2D eigenvalue weighted by molar-refractivity contribution is 0.641. The van der Waals surface area contributed by atoms with Crippen molar-refractivity contribution in [2.45, 2.75) is 12.5 Å². The third-order valence-corrected chi connectivity index (χ3v) is 2.08. The summed E-state index contributed by atoms with van der Waals surface area (Å²) in [4.78, 5) is 0. The molecule has 2 heteroatoms. The van der Waals surface area contributed by atoms with E-state index in [1.54, 1.807) is 0 Å². The monoisotopic (exact) mass is 132 g/mol. The highest BCUT2D eigenvalue weighted by Gasteiger charge is 2.32. The van der Waals surface area contributed by atoms with Crippen molar-refractivity contribution in [2.24, 2.45) is 11.7 Å². The van der Waals surface area contributed by atoms with Crippen molar-refractivity contribution in [3.63, 3.8) is 0 Å². The average Bonchev–Trinajstić information content (AvgIpc) is 2.17. The first-order valence-electron chi connectivity index (χ1n) is 3.34. The fourth-order valence-electron chi connectivity index (χ4n) is 1.40. The van der Waals surface area contributed by atoms with Crippen LogP contribution in [0.3, 0.4) is 0 Å². The van der Waals surface area contributed by atoms with Crippen LogP contribution in [-0.4, -0.2) is 11.8 Å². The molecule has 2 bridgehead atoms. The number of fused-ring (bicyclic) bond motifs is 2. The standard InChI is InChI=1S/C8H8N2/c9-7-5-2-1-3-6(4-5)8(7)10/h2,5,7,10H,4,9H2. The van der Waals surface area contributed by atoms with Gasteiger partial charge in [0, 0.05) is 11.5 Å². The van der Waals surface area contributed by atoms with Crippen LogP contribution in [0.2, 0.25) is 0 Å². The number of nitrogens with one attached hydrogen (secondary N) is 1. The summed E-state index contributed by atoms with van der Waals surface area (Å²) in [5, 5.41) is 7.50. The molecule has 2 unspecified atom stereocenters. The molecule has 2 atom stereocenters. The van der Waals surface area contributed by atoms with Gasteiger partial charge in [-0.1, -0.05) is 11.5 Å². The highest BCUT2D eigenvalue weighted by molar-refractivity contribution is 6.04. The van der Waals surface area contributed by atoms with E-state index in [0.29, 0.717) is 11.6 Å². The summed E-state index contributed by atoms with van der Waals surface area (Å²) in [6.45, 7) is 0. The molecule has 0 aromatic heterocycles. The van der Waals surface area contributed by atoms with Gasteiger partial charge in [-0.05, 0) is 12.5 Å². The molecule has 0 spiro atoms. The van der Waals surface area contributed by atoms with Gasteiger partial charge in [-0.2, -0.15) is 0 Å². The van der Waals surface area contributed by atoms with Crippen molar-refractivity contribution in [1.82, 2.24) is 0 Å². The second-order valence-corrected chi connectivity index (χ2v) is 2.72. The molecule has 3 N–H and O–H groups in total. The van der Waals surface area contributed by atoms with E-state index in [0.717, 1.165) is 12.0 Å². The molecule has 2 aliphatic rings. The molecule has 50 valence electrons. The minimum Gasteiger partial charge on any atom is -0.322 e. The molecule has 0 saturated heterocycles. The highest BCUT2D eigenvalue weighted by Crippen LogP contribution is 2.28. The van der Waals surface area contributed by atoms with Gasteiger partial charge in [-0.15, -0.1) is 0 Å². The van der Waals surface area contributed by atoms with Crippen molar-refractivity contribution < 1.29 is 0 Å². The molecule has 10 heavy (non-hydrogen) atoms. The molecule has 0 amide bonds. The zero-order valence-corrected chi connectivity index (χ0v) is 5.52. The first-order chi connectivity index (χ1) is 4.79. The van der Waals surface area contributed by atoms with Crippen molar-refractivity contribution in [3.05, 3.63) is 23.1 Å². The summed E-state index contributed by atoms with van der Waals surface area (Å²) in [5.41, 5.74) is 13.0. The Morgan fingerprint density at radius 3 is 3.10 bits per heavy atom. The topological polar surface area (TPSA) is 49.9 Å². The number of hydrogen-bond donors (Lipinski definition) is 2. The second kappa shape index (κ2) is 1.71. The van der Waals surface area contributed by atoms with Gasteiger partial charge < -0.3 is 11.1 Å². The zero-order chi connectivity index (χ0) is 7.14. The molecule has 0 heterocycles. The Bertz CT molecular complexity index is 288. The molecule has 2 aliphatic carbocycles. The van der Waals surface area contributed by atoms with Crippen molar-refractivity contribution in [3.8, 4) is 0 Å². The maximum Gasteiger partial charge on any atom is 0.0603 e. The Morgan fingerprint density at radius 2 is 2.50 bits per heavy atom. The lowest BCUT2D eigenvalue weighted by Gasteiger charge is -2.06. The van der Waals surface area contributed by atoms with Crippen LogP contribution in [0.5, 0.6) is 0 Å². The minimum absolute atomic E-state index is 0.0995. The van der Waals surface area contributed by atoms with Gasteiger partial charge in [0.1, 0.15) is 0 Å². The Morgan fingerprint density at radius 1 is 1.70 bits per heavy atom. The summed E-state index contributed by atoms with van der Waals surface area (Å²) in [7, 11) is 0. The normalized spacial score (nSPS) is 34.9. The van der Waals surface area contributed by atoms with Crippen LogP contribution in [0.15, 0.2) is 23.1 Å². The Balaban J connectivity index is 2.59. The van der Waals surface area contributed by atoms with Gasteiger partial charge in [0.05, 0.1) is 11.8 Å². The van der Waals surface area contributed by atoms with E-state index in [1.165, 1.54) is 0 Å². The van der Waals surface area contributed by atoms with Crippen molar-refractivity contribution >= 4 is 5.71 Å². The molecular weight excluding hydrogens is 124 g/mol. The van der Waals surface area contributed by atoms with Crippen molar-refractivity contribution in [1.29, 1.82) is 5.41 Å². The Hall–Kier alpha value is -1.07. The van der Waals surface area contributed by atoms with Gasteiger partial charge >= 0.3 is 0 Å². The predicted molar refractivity (Wildman–Crippen MR) is 38.9 cm³/mol. The molecular formula is C8H8N2. The van der Waals surface area contributed by atoms with Crippen LogP contribution < -0.4 is 5.73 Å². The maximum atomic E-state index is 7.50. The fourth-order valence-corrected chi connectivity index (χ4v) is 1.40. The lowest BCUT2D eigenvalue weighted by atomic mass is 10.0. The van der Waals surface area contributed by atoms with Gasteiger partial charge in [-0.3, -0.25) is 0 Å². The number of hydrogen-bond acceptors (Lipinski definition) is 2. The summed E-state index contributed by atoms with van der Waals surface area (Å²) >= 11 is 0. The molecule has 1 fully saturated rings. The first kappa shape index (κ1) is 5.70. The zero-order valence-electron chi connectivity index (χ0n) is 5.52. The van der Waals surface area contributed by atoms with Crippen LogP contribution in [0.25, 0.3) is 0 Å². The third kappa shape index (κ3) is 0.556. The van der Waals surface area contributed by atoms with Crippen LogP contribution in [0.1, 0.15) is 6.42 Å². The lowest BCUT2D eigenvalue weighted by Crippen LogP contribution is -2.29. The quantitative estimate of drug-likeness (QED) is 0.466. The molecule has 0 aromatic rings. The van der Waals surface area contributed by atoms with E-state index in [-0.39, 0.29) is 6.04 Å². The predicted octanol–water partition coefficient (Wildman–Crippen LogP) is 0.604. The Labute approximate surface area is 59.2 Å². The summed E-state index contributed by atoms with van der Waals surface area (Å²) in [5.74, 6) is 0.323. The van der Waals surface area contributed by atoms with E-state index in [4.69, 9.17) is 11.1 Å². The largest absolute Gasteiger partial charge is 0.322 e. The van der Waals surface area contributed by atoms with Crippen LogP contribution in [0, 0.1) is 11.3 Å². The van der Waals surface area contributed by atoms with E-state index in [9.17, 15) is 0 Å². The van der Waals surface area contributed by atoms with Crippen LogP contribution in [-0.2, 0) is 0 Å². The van der Waals surface area contributed by atoms with E-state index >= 15 is 0 Å². The summed E-state index contributed by atoms with van der Waals surface area (Å²) in [6.07, 6.45) is 2.81. The molecule has 0 aliphatic heterocycles. The second-order valence-electron chi connectivity index (χ2n) is 2.72. The smallest absolute Gasteiger partial charge is 0.0603 e. The number of nitrogens with two attached hydrogens (primary N) is 1. The molecule has 1 saturated carbocycles. The van der Waals surface area contributed by atoms with E-state index < -0.39 is 0 Å². The van der Waals surface area contributed by atoms with Gasteiger partial charge in [0.25, 0.3) is 0 Å². The molecule has 2 nitrogen and oxygen atoms in total. The van der Waals surface area contributed by atoms with Crippen molar-refractivity contribution in [2.75, 3.05) is 0 Å².